The predicted molar refractivity (Wildman–Crippen MR) is 143 cm³/mol. The third kappa shape index (κ3) is 11.5. The van der Waals surface area contributed by atoms with E-state index >= 15 is 0 Å². The molecule has 3 heteroatoms. The van der Waals surface area contributed by atoms with Gasteiger partial charge in [-0.2, -0.15) is 12.3 Å². The Bertz CT molecular complexity index is 445. The second-order valence-electron chi connectivity index (χ2n) is 9.86. The van der Waals surface area contributed by atoms with Crippen molar-refractivity contribution in [2.24, 2.45) is 5.92 Å². The van der Waals surface area contributed by atoms with Gasteiger partial charge in [-0.25, -0.2) is 0 Å². The summed E-state index contributed by atoms with van der Waals surface area (Å²) in [4.78, 5) is 0. The number of hydrogen-bond donors (Lipinski definition) is 0. The smallest absolute Gasteiger partial charge is 0.497 e. The molecule has 0 saturated heterocycles. The van der Waals surface area contributed by atoms with Gasteiger partial charge in [0.05, 0.1) is 0 Å². The van der Waals surface area contributed by atoms with Gasteiger partial charge in [0.2, 0.25) is 8.32 Å². The first-order valence-electron chi connectivity index (χ1n) is 12.7. The Hall–Kier alpha value is 0.631. The number of hydrogen-bond acceptors (Lipinski definition) is 1. The first kappa shape index (κ1) is 33.6. The largest absolute Gasteiger partial charge is 4.00 e. The summed E-state index contributed by atoms with van der Waals surface area (Å²) in [7, 11) is -1.80. The Morgan fingerprint density at radius 2 is 1.21 bits per heavy atom. The van der Waals surface area contributed by atoms with E-state index in [1.165, 1.54) is 18.4 Å². The summed E-state index contributed by atoms with van der Waals surface area (Å²) in [6.45, 7) is 20.8. The maximum atomic E-state index is 7.00. The molecular formula is C30H48OSiTi+2. The topological polar surface area (TPSA) is 9.23 Å². The molecule has 2 atom stereocenters. The molecule has 0 spiro atoms. The first-order valence-corrected chi connectivity index (χ1v) is 14.9. The summed E-state index contributed by atoms with van der Waals surface area (Å²) in [6, 6.07) is 0. The summed E-state index contributed by atoms with van der Waals surface area (Å²) >= 11 is 0. The van der Waals surface area contributed by atoms with E-state index in [-0.39, 0.29) is 21.7 Å². The van der Waals surface area contributed by atoms with Crippen molar-refractivity contribution in [2.45, 2.75) is 103 Å². The normalized spacial score (nSPS) is 24.0. The average molecular weight is 501 g/mol. The van der Waals surface area contributed by atoms with Crippen LogP contribution in [0.1, 0.15) is 80.6 Å². The fraction of sp³-hybridized carbons (Fsp3) is 0.567. The molecule has 1 nitrogen and oxygen atoms in total. The molecule has 10 radical (unpaired) electrons. The molecule has 0 aliphatic heterocycles. The average Bonchev–Trinajstić information content (AvgIpc) is 3.52. The fourth-order valence-corrected chi connectivity index (χ4v) is 10.6. The van der Waals surface area contributed by atoms with Crippen molar-refractivity contribution < 1.29 is 26.1 Å². The van der Waals surface area contributed by atoms with Crippen LogP contribution in [0.4, 0.5) is 0 Å². The molecule has 0 bridgehead atoms. The molecule has 3 rings (SSSR count). The van der Waals surface area contributed by atoms with Crippen LogP contribution in [0.25, 0.3) is 0 Å². The number of allylic oxidation sites excluding steroid dienone is 1. The van der Waals surface area contributed by atoms with E-state index in [4.69, 9.17) is 4.43 Å². The Morgan fingerprint density at radius 1 is 0.818 bits per heavy atom. The zero-order valence-electron chi connectivity index (χ0n) is 22.3. The van der Waals surface area contributed by atoms with E-state index in [0.717, 1.165) is 19.3 Å². The predicted octanol–water partition coefficient (Wildman–Crippen LogP) is 8.75. The van der Waals surface area contributed by atoms with Crippen molar-refractivity contribution in [3.8, 4) is 0 Å². The zero-order chi connectivity index (χ0) is 24.0. The van der Waals surface area contributed by atoms with E-state index in [9.17, 15) is 0 Å². The van der Waals surface area contributed by atoms with E-state index in [0.29, 0.717) is 28.6 Å². The molecule has 3 aliphatic carbocycles. The van der Waals surface area contributed by atoms with E-state index < -0.39 is 8.32 Å². The van der Waals surface area contributed by atoms with Gasteiger partial charge in [0.15, 0.2) is 0 Å². The van der Waals surface area contributed by atoms with Gasteiger partial charge in [-0.05, 0) is 87.3 Å². The third-order valence-electron chi connectivity index (χ3n) is 6.59. The molecule has 0 N–H and O–H groups in total. The van der Waals surface area contributed by atoms with Crippen molar-refractivity contribution in [1.82, 2.24) is 0 Å². The fourth-order valence-electron chi connectivity index (χ4n) is 5.01. The minimum Gasteiger partial charge on any atom is -0.497 e. The maximum Gasteiger partial charge on any atom is 4.00 e. The maximum absolute atomic E-state index is 7.00. The van der Waals surface area contributed by atoms with Gasteiger partial charge in [0.1, 0.15) is 0 Å². The van der Waals surface area contributed by atoms with Crippen LogP contribution in [0, 0.1) is 83.1 Å². The van der Waals surface area contributed by atoms with Gasteiger partial charge >= 0.3 is 21.7 Å². The molecule has 0 aromatic carbocycles. The van der Waals surface area contributed by atoms with Crippen LogP contribution in [0.5, 0.6) is 0 Å². The monoisotopic (exact) mass is 500 g/mol. The second kappa shape index (κ2) is 18.8. The summed E-state index contributed by atoms with van der Waals surface area (Å²) in [5, 5.41) is 0. The third-order valence-corrected chi connectivity index (χ3v) is 12.7. The van der Waals surface area contributed by atoms with Crippen LogP contribution in [0.15, 0.2) is 5.57 Å². The standard InChI is InChI=1S/C20H38OSi.2C5H5.Ti/c1-9-10-11-12-19-18(8)13-14-20(19)21-22(15(2)3,16(4)5)17(6)7;2*1-2-4-5-3-1;/h15-18,20H,8-11,13-14H2,1-7H3;2*1-5H;/q-2;;;+4. The first-order chi connectivity index (χ1) is 15.3. The SMILES string of the molecule is [CH2-]C1CCC(O[Si](C(C)C)(C(C)C)C(C)C)C1=[C-]CCCC.[CH]1[CH][CH][CH][CH]1.[CH]1[CH][CH][CH][CH]1.[Ti+4]. The van der Waals surface area contributed by atoms with Crippen LogP contribution >= 0.6 is 0 Å². The second-order valence-corrected chi connectivity index (χ2v) is 15.3. The summed E-state index contributed by atoms with van der Waals surface area (Å²) in [6.07, 6.45) is 29.8. The molecule has 33 heavy (non-hydrogen) atoms. The van der Waals surface area contributed by atoms with E-state index in [1.807, 2.05) is 64.2 Å². The molecule has 3 aliphatic rings. The van der Waals surface area contributed by atoms with Gasteiger partial charge in [-0.3, -0.25) is 5.57 Å². The Labute approximate surface area is 225 Å². The van der Waals surface area contributed by atoms with Gasteiger partial charge < -0.3 is 17.4 Å². The molecule has 3 fully saturated rings. The van der Waals surface area contributed by atoms with Gasteiger partial charge in [0, 0.05) is 6.10 Å². The molecule has 0 heterocycles. The van der Waals surface area contributed by atoms with Crippen molar-refractivity contribution in [1.29, 1.82) is 0 Å². The minimum atomic E-state index is -1.80. The zero-order valence-corrected chi connectivity index (χ0v) is 24.9. The van der Waals surface area contributed by atoms with Gasteiger partial charge in [0.25, 0.3) is 0 Å². The molecule has 3 saturated carbocycles. The molecule has 180 valence electrons. The minimum absolute atomic E-state index is 0. The van der Waals surface area contributed by atoms with Crippen LogP contribution < -0.4 is 0 Å². The summed E-state index contributed by atoms with van der Waals surface area (Å²) in [5.74, 6) is 0.417. The molecule has 2 unspecified atom stereocenters. The van der Waals surface area contributed by atoms with Gasteiger partial charge in [-0.15, -0.1) is 0 Å². The van der Waals surface area contributed by atoms with Crippen molar-refractivity contribution in [2.75, 3.05) is 0 Å². The van der Waals surface area contributed by atoms with Crippen molar-refractivity contribution in [3.05, 3.63) is 82.8 Å². The van der Waals surface area contributed by atoms with Crippen LogP contribution in [-0.2, 0) is 26.1 Å². The van der Waals surface area contributed by atoms with Crippen LogP contribution in [-0.4, -0.2) is 14.4 Å². The molecule has 0 aromatic rings. The van der Waals surface area contributed by atoms with Crippen molar-refractivity contribution in [3.63, 3.8) is 0 Å². The number of rotatable bonds is 8. The number of unbranched alkanes of at least 4 members (excludes halogenated alkanes) is 2. The molecule has 0 aromatic heterocycles. The van der Waals surface area contributed by atoms with E-state index in [1.54, 1.807) is 0 Å². The van der Waals surface area contributed by atoms with Crippen LogP contribution in [0.2, 0.25) is 16.6 Å². The quantitative estimate of drug-likeness (QED) is 0.184. The Kier molecular flexibility index (Phi) is 19.2. The Balaban J connectivity index is 0.000000754. The van der Waals surface area contributed by atoms with Gasteiger partial charge in [-0.1, -0.05) is 67.7 Å². The van der Waals surface area contributed by atoms with Crippen molar-refractivity contribution >= 4 is 8.32 Å². The molecular weight excluding hydrogens is 452 g/mol. The Morgan fingerprint density at radius 3 is 1.55 bits per heavy atom. The van der Waals surface area contributed by atoms with E-state index in [2.05, 4.69) is 61.5 Å². The molecule has 0 amide bonds. The van der Waals surface area contributed by atoms with Crippen LogP contribution in [0.3, 0.4) is 0 Å². The summed E-state index contributed by atoms with van der Waals surface area (Å²) in [5.41, 5.74) is 3.32. The summed E-state index contributed by atoms with van der Waals surface area (Å²) < 4.78 is 7.00.